The van der Waals surface area contributed by atoms with E-state index in [1.165, 1.54) is 12.2 Å². The molecule has 0 aliphatic heterocycles. The molecule has 0 bridgehead atoms. The van der Waals surface area contributed by atoms with Gasteiger partial charge in [-0.2, -0.15) is 0 Å². The van der Waals surface area contributed by atoms with E-state index in [0.29, 0.717) is 12.1 Å². The van der Waals surface area contributed by atoms with Gasteiger partial charge in [0.2, 0.25) is 0 Å². The summed E-state index contributed by atoms with van der Waals surface area (Å²) in [6.45, 7) is 0. The predicted molar refractivity (Wildman–Crippen MR) is 98.8 cm³/mol. The lowest BCUT2D eigenvalue weighted by Gasteiger charge is -2.28. The summed E-state index contributed by atoms with van der Waals surface area (Å²) in [7, 11) is 0. The van der Waals surface area contributed by atoms with E-state index >= 15 is 0 Å². The van der Waals surface area contributed by atoms with Crippen molar-refractivity contribution in [2.45, 2.75) is 12.0 Å². The molecule has 1 unspecified atom stereocenters. The van der Waals surface area contributed by atoms with Crippen LogP contribution in [0.2, 0.25) is 0 Å². The zero-order chi connectivity index (χ0) is 20.5. The molecule has 0 fully saturated rings. The Morgan fingerprint density at radius 3 is 2.25 bits per heavy atom. The predicted octanol–water partition coefficient (Wildman–Crippen LogP) is 3.43. The van der Waals surface area contributed by atoms with Gasteiger partial charge in [-0.25, -0.2) is 4.79 Å². The number of hydrogen-bond acceptors (Lipinski definition) is 6. The number of non-ortho nitro benzene ring substituents is 1. The molecule has 1 aliphatic rings. The highest BCUT2D eigenvalue weighted by Crippen LogP contribution is 2.42. The van der Waals surface area contributed by atoms with Crippen molar-refractivity contribution in [2.75, 3.05) is 0 Å². The molecule has 2 N–H and O–H groups in total. The molecular weight excluding hydrogens is 368 g/mol. The maximum Gasteiger partial charge on any atom is 0.336 e. The topological polar surface area (TPSA) is 144 Å². The molecule has 0 saturated heterocycles. The van der Waals surface area contributed by atoms with Gasteiger partial charge >= 0.3 is 5.97 Å². The van der Waals surface area contributed by atoms with Gasteiger partial charge in [-0.05, 0) is 17.2 Å². The molecule has 9 heteroatoms. The molecule has 1 atom stereocenters. The number of hydrogen-bond donors (Lipinski definition) is 2. The number of nitrogens with zero attached hydrogens (tertiary/aromatic N) is 2. The van der Waals surface area contributed by atoms with Crippen LogP contribution in [0.4, 0.5) is 11.4 Å². The number of nitro benzene ring substituents is 2. The average molecular weight is 382 g/mol. The minimum absolute atomic E-state index is 0.132. The largest absolute Gasteiger partial charge is 0.478 e. The third-order valence-electron chi connectivity index (χ3n) is 4.45. The summed E-state index contributed by atoms with van der Waals surface area (Å²) in [4.78, 5) is 32.3. The first-order chi connectivity index (χ1) is 13.2. The lowest BCUT2D eigenvalue weighted by molar-refractivity contribution is -0.395. The molecule has 3 rings (SSSR count). The first kappa shape index (κ1) is 18.9. The Kier molecular flexibility index (Phi) is 4.76. The number of carboxylic acids is 1. The Balaban J connectivity index is 2.14. The fourth-order valence-electron chi connectivity index (χ4n) is 3.14. The average Bonchev–Trinajstić information content (AvgIpc) is 2.68. The van der Waals surface area contributed by atoms with Gasteiger partial charge in [-0.1, -0.05) is 42.5 Å². The molecule has 2 aromatic rings. The smallest absolute Gasteiger partial charge is 0.336 e. The van der Waals surface area contributed by atoms with E-state index in [1.807, 2.05) is 30.3 Å². The quantitative estimate of drug-likeness (QED) is 0.595. The molecule has 0 radical (unpaired) electrons. The molecular formula is C19H14N2O7. The molecule has 0 heterocycles. The summed E-state index contributed by atoms with van der Waals surface area (Å²) in [6.07, 6.45) is 4.31. The number of rotatable bonds is 5. The van der Waals surface area contributed by atoms with Crippen LogP contribution in [0.3, 0.4) is 0 Å². The molecule has 1 aliphatic carbocycles. The molecule has 9 nitrogen and oxygen atoms in total. The minimum Gasteiger partial charge on any atom is -0.478 e. The number of nitro groups is 2. The zero-order valence-corrected chi connectivity index (χ0v) is 14.3. The Labute approximate surface area is 158 Å². The van der Waals surface area contributed by atoms with Crippen LogP contribution in [0.1, 0.15) is 27.9 Å². The van der Waals surface area contributed by atoms with Crippen LogP contribution in [0, 0.1) is 20.2 Å². The van der Waals surface area contributed by atoms with Crippen LogP contribution < -0.4 is 0 Å². The van der Waals surface area contributed by atoms with Crippen molar-refractivity contribution in [3.63, 3.8) is 0 Å². The van der Waals surface area contributed by atoms with E-state index in [-0.39, 0.29) is 6.42 Å². The third kappa shape index (κ3) is 3.38. The normalized spacial score (nSPS) is 18.4. The van der Waals surface area contributed by atoms with Crippen LogP contribution in [0.15, 0.2) is 60.7 Å². The van der Waals surface area contributed by atoms with Crippen molar-refractivity contribution in [3.8, 4) is 0 Å². The van der Waals surface area contributed by atoms with Gasteiger partial charge in [-0.3, -0.25) is 20.2 Å². The van der Waals surface area contributed by atoms with Crippen molar-refractivity contribution in [1.29, 1.82) is 0 Å². The molecule has 28 heavy (non-hydrogen) atoms. The number of benzene rings is 2. The lowest BCUT2D eigenvalue weighted by atomic mass is 9.81. The van der Waals surface area contributed by atoms with Crippen LogP contribution in [0.5, 0.6) is 0 Å². The van der Waals surface area contributed by atoms with Gasteiger partial charge in [0.25, 0.3) is 11.4 Å². The highest BCUT2D eigenvalue weighted by atomic mass is 16.6. The second-order valence-electron chi connectivity index (χ2n) is 6.19. The van der Waals surface area contributed by atoms with E-state index in [1.54, 1.807) is 6.08 Å². The summed E-state index contributed by atoms with van der Waals surface area (Å²) in [5.41, 5.74) is -3.13. The lowest BCUT2D eigenvalue weighted by Crippen LogP contribution is -2.28. The van der Waals surface area contributed by atoms with Crippen molar-refractivity contribution in [1.82, 2.24) is 0 Å². The van der Waals surface area contributed by atoms with Gasteiger partial charge in [0.1, 0.15) is 5.60 Å². The number of carboxylic acid groups (broad SMARTS) is 1. The monoisotopic (exact) mass is 382 g/mol. The highest BCUT2D eigenvalue weighted by molar-refractivity contribution is 5.93. The SMILES string of the molecule is O=C(O)c1cc([N+](=O)[O-])cc([N+](=O)[O-])c1C1(O)C=CC(c2ccccc2)=CC1. The summed E-state index contributed by atoms with van der Waals surface area (Å²) in [5, 5.41) is 43.0. The van der Waals surface area contributed by atoms with Crippen molar-refractivity contribution < 1.29 is 24.9 Å². The van der Waals surface area contributed by atoms with Gasteiger partial charge in [0.15, 0.2) is 0 Å². The Morgan fingerprint density at radius 1 is 1.07 bits per heavy atom. The van der Waals surface area contributed by atoms with Crippen molar-refractivity contribution in [2.24, 2.45) is 0 Å². The van der Waals surface area contributed by atoms with Gasteiger partial charge in [-0.15, -0.1) is 0 Å². The molecule has 2 aromatic carbocycles. The fourth-order valence-corrected chi connectivity index (χ4v) is 3.14. The maximum atomic E-state index is 11.6. The van der Waals surface area contributed by atoms with E-state index in [2.05, 4.69) is 0 Å². The van der Waals surface area contributed by atoms with E-state index in [0.717, 1.165) is 11.1 Å². The maximum absolute atomic E-state index is 11.6. The molecule has 0 saturated carbocycles. The van der Waals surface area contributed by atoms with E-state index in [9.17, 15) is 35.2 Å². The number of carbonyl (C=O) groups is 1. The summed E-state index contributed by atoms with van der Waals surface area (Å²) in [5.74, 6) is -1.61. The van der Waals surface area contributed by atoms with E-state index in [4.69, 9.17) is 0 Å². The van der Waals surface area contributed by atoms with Crippen molar-refractivity contribution in [3.05, 3.63) is 97.6 Å². The fraction of sp³-hybridized carbons (Fsp3) is 0.105. The first-order valence-electron chi connectivity index (χ1n) is 8.11. The summed E-state index contributed by atoms with van der Waals surface area (Å²) in [6, 6.07) is 10.6. The van der Waals surface area contributed by atoms with Gasteiger partial charge < -0.3 is 10.2 Å². The zero-order valence-electron chi connectivity index (χ0n) is 14.3. The molecule has 0 amide bonds. The van der Waals surface area contributed by atoms with Crippen LogP contribution >= 0.6 is 0 Å². The molecule has 142 valence electrons. The summed E-state index contributed by atoms with van der Waals surface area (Å²) < 4.78 is 0. The third-order valence-corrected chi connectivity index (χ3v) is 4.45. The Morgan fingerprint density at radius 2 is 1.75 bits per heavy atom. The highest BCUT2D eigenvalue weighted by Gasteiger charge is 2.40. The second kappa shape index (κ2) is 7.05. The molecule has 0 spiro atoms. The number of aromatic carboxylic acids is 1. The standard InChI is InChI=1S/C19H14N2O7/c22-18(23)15-10-14(20(25)26)11-16(21(27)28)17(15)19(24)8-6-13(7-9-19)12-4-2-1-3-5-12/h1-8,10-11,24H,9H2,(H,22,23). The second-order valence-corrected chi connectivity index (χ2v) is 6.19. The van der Waals surface area contributed by atoms with Crippen molar-refractivity contribution >= 4 is 22.9 Å². The minimum atomic E-state index is -2.00. The number of aliphatic hydroxyl groups is 1. The Bertz CT molecular complexity index is 1010. The first-order valence-corrected chi connectivity index (χ1v) is 8.11. The number of allylic oxidation sites excluding steroid dienone is 2. The van der Waals surface area contributed by atoms with Gasteiger partial charge in [0.05, 0.1) is 27.0 Å². The van der Waals surface area contributed by atoms with E-state index < -0.39 is 43.9 Å². The summed E-state index contributed by atoms with van der Waals surface area (Å²) >= 11 is 0. The molecule has 0 aromatic heterocycles. The van der Waals surface area contributed by atoms with Crippen LogP contribution in [0.25, 0.3) is 5.57 Å². The van der Waals surface area contributed by atoms with Crippen LogP contribution in [-0.2, 0) is 5.60 Å². The van der Waals surface area contributed by atoms with Crippen LogP contribution in [-0.4, -0.2) is 26.0 Å². The Hall–Kier alpha value is -3.85. The van der Waals surface area contributed by atoms with Gasteiger partial charge in [0, 0.05) is 12.5 Å².